The van der Waals surface area contributed by atoms with Gasteiger partial charge in [0.05, 0.1) is 0 Å². The van der Waals surface area contributed by atoms with Crippen LogP contribution in [0.25, 0.3) is 0 Å². The van der Waals surface area contributed by atoms with E-state index in [-0.39, 0.29) is 6.10 Å². The molecule has 0 fully saturated rings. The summed E-state index contributed by atoms with van der Waals surface area (Å²) in [6.07, 6.45) is 10.4. The Hall–Kier alpha value is 0.716. The third-order valence-electron chi connectivity index (χ3n) is 5.02. The van der Waals surface area contributed by atoms with Crippen molar-refractivity contribution in [2.24, 2.45) is 0 Å². The fourth-order valence-electron chi connectivity index (χ4n) is 3.60. The van der Waals surface area contributed by atoms with Gasteiger partial charge in [-0.05, 0) is 0 Å². The summed E-state index contributed by atoms with van der Waals surface area (Å²) < 4.78 is 5.98. The molecule has 0 rings (SSSR count). The zero-order valence-electron chi connectivity index (χ0n) is 17.2. The van der Waals surface area contributed by atoms with Crippen molar-refractivity contribution in [1.29, 1.82) is 0 Å². The molecule has 3 heteroatoms. The van der Waals surface area contributed by atoms with Gasteiger partial charge in [0.15, 0.2) is 0 Å². The van der Waals surface area contributed by atoms with E-state index in [9.17, 15) is 5.11 Å². The molecule has 1 nitrogen and oxygen atoms in total. The van der Waals surface area contributed by atoms with Gasteiger partial charge >= 0.3 is 153 Å². The number of allylic oxidation sites excluding steroid dienone is 1. The van der Waals surface area contributed by atoms with Crippen molar-refractivity contribution in [2.75, 3.05) is 0 Å². The van der Waals surface area contributed by atoms with E-state index in [2.05, 4.69) is 46.5 Å². The van der Waals surface area contributed by atoms with E-state index in [1.54, 1.807) is 3.59 Å². The van der Waals surface area contributed by atoms with E-state index in [0.29, 0.717) is 0 Å². The Morgan fingerprint density at radius 1 is 0.913 bits per heavy atom. The van der Waals surface area contributed by atoms with E-state index in [0.717, 1.165) is 0 Å². The van der Waals surface area contributed by atoms with Crippen LogP contribution in [0.2, 0.25) is 39.0 Å². The molecule has 0 aliphatic carbocycles. The number of unbranched alkanes of at least 4 members (excludes halogenated alkanes) is 3. The second-order valence-corrected chi connectivity index (χ2v) is 27.5. The molecule has 0 aliphatic rings. The van der Waals surface area contributed by atoms with Crippen LogP contribution in [-0.2, 0) is 0 Å². The normalized spacial score (nSPS) is 15.0. The molecule has 1 unspecified atom stereocenters. The van der Waals surface area contributed by atoms with Crippen LogP contribution in [-0.4, -0.2) is 37.7 Å². The Labute approximate surface area is 152 Å². The van der Waals surface area contributed by atoms with Gasteiger partial charge in [-0.3, -0.25) is 0 Å². The molecule has 1 N–H and O–H groups in total. The zero-order chi connectivity index (χ0) is 17.9. The van der Waals surface area contributed by atoms with Crippen LogP contribution in [0.1, 0.15) is 66.2 Å². The number of aliphatic hydroxyl groups excluding tert-OH is 1. The number of aliphatic hydroxyl groups is 1. The van der Waals surface area contributed by atoms with Gasteiger partial charge in [0.25, 0.3) is 0 Å². The van der Waals surface area contributed by atoms with Crippen molar-refractivity contribution in [1.82, 2.24) is 0 Å². The van der Waals surface area contributed by atoms with E-state index in [1.807, 2.05) is 6.92 Å². The monoisotopic (exact) mass is 448 g/mol. The topological polar surface area (TPSA) is 20.2 Å². The Kier molecular flexibility index (Phi) is 12.5. The molecule has 23 heavy (non-hydrogen) atoms. The summed E-state index contributed by atoms with van der Waals surface area (Å²) in [4.78, 5) is 0. The van der Waals surface area contributed by atoms with Crippen LogP contribution in [0.3, 0.4) is 0 Å². The van der Waals surface area contributed by atoms with Crippen molar-refractivity contribution in [3.05, 3.63) is 9.67 Å². The van der Waals surface area contributed by atoms with Crippen molar-refractivity contribution in [2.45, 2.75) is 111 Å². The quantitative estimate of drug-likeness (QED) is 0.301. The molecule has 0 amide bonds. The van der Waals surface area contributed by atoms with Gasteiger partial charge in [-0.15, -0.1) is 0 Å². The van der Waals surface area contributed by atoms with Crippen LogP contribution >= 0.6 is 0 Å². The average Bonchev–Trinajstić information content (AvgIpc) is 2.46. The standard InChI is InChI=1S/C8H17OSi.3C4H9.Sn/c1-8(9)6-5-7-10(2,3)4;3*1-3-4-2;/h5,8-9H,7H2,1-4H3;3*1,3-4H2,2H3;. The van der Waals surface area contributed by atoms with Gasteiger partial charge < -0.3 is 0 Å². The molecule has 0 aliphatic heterocycles. The Morgan fingerprint density at radius 2 is 1.30 bits per heavy atom. The molecule has 0 bridgehead atoms. The first-order chi connectivity index (χ1) is 10.7. The Morgan fingerprint density at radius 3 is 1.57 bits per heavy atom. The molecular formula is C20H44OSiSn. The predicted octanol–water partition coefficient (Wildman–Crippen LogP) is 7.02. The third kappa shape index (κ3) is 9.69. The molecule has 0 saturated heterocycles. The van der Waals surface area contributed by atoms with Crippen LogP contribution in [0, 0.1) is 0 Å². The minimum atomic E-state index is -2.42. The molecule has 0 heterocycles. The van der Waals surface area contributed by atoms with Crippen molar-refractivity contribution >= 4 is 26.5 Å². The molecule has 138 valence electrons. The summed E-state index contributed by atoms with van der Waals surface area (Å²) in [7, 11) is -1.09. The number of hydrogen-bond acceptors (Lipinski definition) is 1. The van der Waals surface area contributed by atoms with E-state index < -0.39 is 26.5 Å². The second-order valence-electron chi connectivity index (χ2n) is 8.69. The van der Waals surface area contributed by atoms with Crippen molar-refractivity contribution in [3.8, 4) is 0 Å². The first-order valence-electron chi connectivity index (χ1n) is 10.1. The minimum absolute atomic E-state index is 0.201. The van der Waals surface area contributed by atoms with Crippen LogP contribution < -0.4 is 0 Å². The maximum atomic E-state index is 10.6. The summed E-state index contributed by atoms with van der Waals surface area (Å²) in [6.45, 7) is 16.4. The predicted molar refractivity (Wildman–Crippen MR) is 113 cm³/mol. The number of rotatable bonds is 13. The Balaban J connectivity index is 5.63. The van der Waals surface area contributed by atoms with Crippen molar-refractivity contribution in [3.63, 3.8) is 0 Å². The molecule has 0 saturated carbocycles. The van der Waals surface area contributed by atoms with Crippen LogP contribution in [0.4, 0.5) is 0 Å². The van der Waals surface area contributed by atoms with Gasteiger partial charge in [-0.25, -0.2) is 0 Å². The van der Waals surface area contributed by atoms with Gasteiger partial charge in [0.2, 0.25) is 0 Å². The molecule has 0 aromatic heterocycles. The molecular weight excluding hydrogens is 403 g/mol. The summed E-state index contributed by atoms with van der Waals surface area (Å²) in [5.74, 6) is 0. The molecule has 1 atom stereocenters. The third-order valence-corrected chi connectivity index (χ3v) is 22.9. The van der Waals surface area contributed by atoms with Crippen LogP contribution in [0.5, 0.6) is 0 Å². The van der Waals surface area contributed by atoms with Crippen LogP contribution in [0.15, 0.2) is 9.67 Å². The summed E-state index contributed by atoms with van der Waals surface area (Å²) >= 11 is -2.42. The van der Waals surface area contributed by atoms with Crippen molar-refractivity contribution < 1.29 is 5.11 Å². The first kappa shape index (κ1) is 23.7. The maximum absolute atomic E-state index is 10.6. The van der Waals surface area contributed by atoms with Gasteiger partial charge in [0.1, 0.15) is 0 Å². The molecule has 0 aromatic rings. The number of hydrogen-bond donors (Lipinski definition) is 1. The first-order valence-corrected chi connectivity index (χ1v) is 21.3. The fourth-order valence-corrected chi connectivity index (χ4v) is 22.5. The molecule has 0 radical (unpaired) electrons. The molecule has 0 spiro atoms. The van der Waals surface area contributed by atoms with E-state index in [4.69, 9.17) is 0 Å². The fraction of sp³-hybridized carbons (Fsp3) is 0.900. The van der Waals surface area contributed by atoms with Gasteiger partial charge in [0, 0.05) is 0 Å². The zero-order valence-corrected chi connectivity index (χ0v) is 21.0. The van der Waals surface area contributed by atoms with Gasteiger partial charge in [-0.2, -0.15) is 0 Å². The Bertz CT molecular complexity index is 309. The molecule has 0 aromatic carbocycles. The summed E-state index contributed by atoms with van der Waals surface area (Å²) in [6, 6.07) is 1.25. The summed E-state index contributed by atoms with van der Waals surface area (Å²) in [5.41, 5.74) is 0. The SMILES string of the molecule is CCC[CH2][Sn]([CH2]CCC)([CH2]CCC)/[C](=C\C[Si](C)(C)C)C(C)O. The van der Waals surface area contributed by atoms with E-state index in [1.165, 1.54) is 57.9 Å². The average molecular weight is 447 g/mol. The second kappa shape index (κ2) is 12.1. The van der Waals surface area contributed by atoms with E-state index >= 15 is 0 Å². The van der Waals surface area contributed by atoms with Gasteiger partial charge in [-0.1, -0.05) is 0 Å². The summed E-state index contributed by atoms with van der Waals surface area (Å²) in [5, 5.41) is 10.6.